The minimum Gasteiger partial charge on any atom is -0.384 e. The molecule has 0 radical (unpaired) electrons. The molecular weight excluding hydrogens is 252 g/mol. The van der Waals surface area contributed by atoms with Crippen molar-refractivity contribution in [1.29, 1.82) is 0 Å². The molecule has 0 aromatic heterocycles. The SMILES string of the molecule is COCC1CCN(CC(=O)NCc2ccccc2C)C1. The average Bonchev–Trinajstić information content (AvgIpc) is 2.85. The summed E-state index contributed by atoms with van der Waals surface area (Å²) in [7, 11) is 1.73. The summed E-state index contributed by atoms with van der Waals surface area (Å²) in [5.74, 6) is 0.676. The van der Waals surface area contributed by atoms with Gasteiger partial charge in [0.15, 0.2) is 0 Å². The van der Waals surface area contributed by atoms with Crippen LogP contribution >= 0.6 is 0 Å². The third kappa shape index (κ3) is 4.32. The number of nitrogens with zero attached hydrogens (tertiary/aromatic N) is 1. The molecule has 1 heterocycles. The van der Waals surface area contributed by atoms with Crippen molar-refractivity contribution < 1.29 is 9.53 Å². The second-order valence-corrected chi connectivity index (χ2v) is 5.55. The van der Waals surface area contributed by atoms with E-state index in [9.17, 15) is 4.79 Å². The van der Waals surface area contributed by atoms with Crippen LogP contribution in [0.2, 0.25) is 0 Å². The van der Waals surface area contributed by atoms with E-state index in [2.05, 4.69) is 29.3 Å². The molecule has 1 aliphatic rings. The number of amides is 1. The zero-order chi connectivity index (χ0) is 14.4. The molecule has 110 valence electrons. The van der Waals surface area contributed by atoms with Crippen LogP contribution < -0.4 is 5.32 Å². The number of benzene rings is 1. The summed E-state index contributed by atoms with van der Waals surface area (Å²) in [6, 6.07) is 8.14. The lowest BCUT2D eigenvalue weighted by atomic mass is 10.1. The molecule has 1 aromatic rings. The average molecular weight is 276 g/mol. The highest BCUT2D eigenvalue weighted by atomic mass is 16.5. The number of nitrogens with one attached hydrogen (secondary N) is 1. The number of methoxy groups -OCH3 is 1. The van der Waals surface area contributed by atoms with Crippen molar-refractivity contribution in [3.8, 4) is 0 Å². The molecule has 0 bridgehead atoms. The van der Waals surface area contributed by atoms with E-state index in [1.807, 2.05) is 12.1 Å². The standard InChI is InChI=1S/C16H24N2O2/c1-13-5-3-4-6-15(13)9-17-16(19)11-18-8-7-14(10-18)12-20-2/h3-6,14H,7-12H2,1-2H3,(H,17,19). The van der Waals surface area contributed by atoms with Gasteiger partial charge >= 0.3 is 0 Å². The topological polar surface area (TPSA) is 41.6 Å². The van der Waals surface area contributed by atoms with Gasteiger partial charge in [0.1, 0.15) is 0 Å². The molecule has 1 aliphatic heterocycles. The van der Waals surface area contributed by atoms with Crippen molar-refractivity contribution >= 4 is 5.91 Å². The molecular formula is C16H24N2O2. The molecule has 4 nitrogen and oxygen atoms in total. The fraction of sp³-hybridized carbons (Fsp3) is 0.562. The third-order valence-electron chi connectivity index (χ3n) is 3.88. The number of carbonyl (C=O) groups is 1. The van der Waals surface area contributed by atoms with Gasteiger partial charge < -0.3 is 10.1 Å². The predicted molar refractivity (Wildman–Crippen MR) is 79.4 cm³/mol. The van der Waals surface area contributed by atoms with Gasteiger partial charge in [0.2, 0.25) is 5.91 Å². The number of hydrogen-bond acceptors (Lipinski definition) is 3. The van der Waals surface area contributed by atoms with Crippen LogP contribution in [0.25, 0.3) is 0 Å². The minimum absolute atomic E-state index is 0.103. The van der Waals surface area contributed by atoms with E-state index in [4.69, 9.17) is 4.74 Å². The molecule has 1 unspecified atom stereocenters. The Morgan fingerprint density at radius 1 is 1.45 bits per heavy atom. The van der Waals surface area contributed by atoms with Crippen molar-refractivity contribution in [2.75, 3.05) is 33.4 Å². The van der Waals surface area contributed by atoms with Crippen LogP contribution in [0.5, 0.6) is 0 Å². The summed E-state index contributed by atoms with van der Waals surface area (Å²) >= 11 is 0. The maximum absolute atomic E-state index is 12.0. The molecule has 1 aromatic carbocycles. The number of likely N-dealkylation sites (tertiary alicyclic amines) is 1. The Hall–Kier alpha value is -1.39. The Morgan fingerprint density at radius 2 is 2.25 bits per heavy atom. The lowest BCUT2D eigenvalue weighted by molar-refractivity contribution is -0.122. The van der Waals surface area contributed by atoms with Crippen LogP contribution in [0.1, 0.15) is 17.5 Å². The number of rotatable bonds is 6. The molecule has 0 aliphatic carbocycles. The minimum atomic E-state index is 0.103. The molecule has 2 rings (SSSR count). The fourth-order valence-corrected chi connectivity index (χ4v) is 2.69. The van der Waals surface area contributed by atoms with E-state index < -0.39 is 0 Å². The summed E-state index contributed by atoms with van der Waals surface area (Å²) < 4.78 is 5.17. The van der Waals surface area contributed by atoms with Crippen molar-refractivity contribution in [1.82, 2.24) is 10.2 Å². The van der Waals surface area contributed by atoms with E-state index in [1.165, 1.54) is 11.1 Å². The van der Waals surface area contributed by atoms with Crippen LogP contribution in [0.15, 0.2) is 24.3 Å². The van der Waals surface area contributed by atoms with E-state index in [-0.39, 0.29) is 5.91 Å². The number of hydrogen-bond donors (Lipinski definition) is 1. The van der Waals surface area contributed by atoms with Gasteiger partial charge in [-0.2, -0.15) is 0 Å². The zero-order valence-electron chi connectivity index (χ0n) is 12.4. The first-order valence-electron chi connectivity index (χ1n) is 7.21. The Labute approximate surface area is 121 Å². The van der Waals surface area contributed by atoms with Gasteiger partial charge in [0.25, 0.3) is 0 Å². The van der Waals surface area contributed by atoms with Gasteiger partial charge in [-0.1, -0.05) is 24.3 Å². The Bertz CT molecular complexity index is 448. The Kier molecular flexibility index (Phi) is 5.56. The van der Waals surface area contributed by atoms with Crippen LogP contribution in [0.4, 0.5) is 0 Å². The van der Waals surface area contributed by atoms with Gasteiger partial charge in [-0.3, -0.25) is 9.69 Å². The smallest absolute Gasteiger partial charge is 0.234 e. The Morgan fingerprint density at radius 3 is 3.00 bits per heavy atom. The van der Waals surface area contributed by atoms with Crippen molar-refractivity contribution in [3.63, 3.8) is 0 Å². The molecule has 0 spiro atoms. The predicted octanol–water partition coefficient (Wildman–Crippen LogP) is 1.58. The van der Waals surface area contributed by atoms with Crippen LogP contribution in [-0.4, -0.2) is 44.2 Å². The van der Waals surface area contributed by atoms with Crippen molar-refractivity contribution in [3.05, 3.63) is 35.4 Å². The molecule has 0 saturated carbocycles. The monoisotopic (exact) mass is 276 g/mol. The van der Waals surface area contributed by atoms with E-state index in [1.54, 1.807) is 7.11 Å². The first-order chi connectivity index (χ1) is 9.69. The van der Waals surface area contributed by atoms with E-state index in [0.717, 1.165) is 26.1 Å². The molecule has 4 heteroatoms. The van der Waals surface area contributed by atoms with Crippen LogP contribution in [0, 0.1) is 12.8 Å². The fourth-order valence-electron chi connectivity index (χ4n) is 2.69. The number of carbonyl (C=O) groups excluding carboxylic acids is 1. The number of aryl methyl sites for hydroxylation is 1. The molecule has 1 N–H and O–H groups in total. The third-order valence-corrected chi connectivity index (χ3v) is 3.88. The van der Waals surface area contributed by atoms with Gasteiger partial charge in [0.05, 0.1) is 13.2 Å². The second kappa shape index (κ2) is 7.41. The highest BCUT2D eigenvalue weighted by molar-refractivity contribution is 5.78. The summed E-state index contributed by atoms with van der Waals surface area (Å²) in [5, 5.41) is 3.00. The normalized spacial score (nSPS) is 19.2. The van der Waals surface area contributed by atoms with E-state index in [0.29, 0.717) is 19.0 Å². The summed E-state index contributed by atoms with van der Waals surface area (Å²) in [6.07, 6.45) is 1.12. The Balaban J connectivity index is 1.72. The lowest BCUT2D eigenvalue weighted by Gasteiger charge is -2.16. The highest BCUT2D eigenvalue weighted by Gasteiger charge is 2.23. The first kappa shape index (κ1) is 15.0. The van der Waals surface area contributed by atoms with Crippen molar-refractivity contribution in [2.45, 2.75) is 19.9 Å². The molecule has 1 atom stereocenters. The summed E-state index contributed by atoms with van der Waals surface area (Å²) in [4.78, 5) is 14.2. The molecule has 1 saturated heterocycles. The quantitative estimate of drug-likeness (QED) is 0.857. The van der Waals surface area contributed by atoms with Gasteiger partial charge in [-0.25, -0.2) is 0 Å². The van der Waals surface area contributed by atoms with Crippen molar-refractivity contribution in [2.24, 2.45) is 5.92 Å². The second-order valence-electron chi connectivity index (χ2n) is 5.55. The number of ether oxygens (including phenoxy) is 1. The summed E-state index contributed by atoms with van der Waals surface area (Å²) in [6.45, 7) is 5.92. The maximum atomic E-state index is 12.0. The van der Waals surface area contributed by atoms with Gasteiger partial charge in [-0.15, -0.1) is 0 Å². The van der Waals surface area contributed by atoms with Crippen LogP contribution in [-0.2, 0) is 16.1 Å². The lowest BCUT2D eigenvalue weighted by Crippen LogP contribution is -2.36. The van der Waals surface area contributed by atoms with Gasteiger partial charge in [-0.05, 0) is 36.9 Å². The summed E-state index contributed by atoms with van der Waals surface area (Å²) in [5.41, 5.74) is 2.40. The maximum Gasteiger partial charge on any atom is 0.234 e. The van der Waals surface area contributed by atoms with E-state index >= 15 is 0 Å². The molecule has 1 fully saturated rings. The molecule has 20 heavy (non-hydrogen) atoms. The first-order valence-corrected chi connectivity index (χ1v) is 7.21. The zero-order valence-corrected chi connectivity index (χ0v) is 12.4. The largest absolute Gasteiger partial charge is 0.384 e. The van der Waals surface area contributed by atoms with Crippen LogP contribution in [0.3, 0.4) is 0 Å². The molecule has 1 amide bonds. The van der Waals surface area contributed by atoms with Gasteiger partial charge in [0, 0.05) is 20.2 Å². The highest BCUT2D eigenvalue weighted by Crippen LogP contribution is 2.15.